The number of nitrogens with one attached hydrogen (secondary N) is 1. The second-order valence-corrected chi connectivity index (χ2v) is 8.22. The Morgan fingerprint density at radius 1 is 1.24 bits per heavy atom. The highest BCUT2D eigenvalue weighted by Crippen LogP contribution is 2.23. The lowest BCUT2D eigenvalue weighted by molar-refractivity contribution is 0.412. The van der Waals surface area contributed by atoms with E-state index in [9.17, 15) is 13.2 Å². The average Bonchev–Trinajstić information content (AvgIpc) is 2.74. The predicted molar refractivity (Wildman–Crippen MR) is 84.3 cm³/mol. The normalized spacial score (nSPS) is 17.4. The minimum atomic E-state index is -3.51. The molecule has 21 heavy (non-hydrogen) atoms. The van der Waals surface area contributed by atoms with Crippen LogP contribution in [-0.2, 0) is 17.1 Å². The van der Waals surface area contributed by atoms with Crippen LogP contribution in [0.3, 0.4) is 0 Å². The van der Waals surface area contributed by atoms with E-state index < -0.39 is 10.0 Å². The van der Waals surface area contributed by atoms with Crippen LogP contribution < -0.4 is 9.60 Å². The summed E-state index contributed by atoms with van der Waals surface area (Å²) in [6.07, 6.45) is 5.14. The van der Waals surface area contributed by atoms with Gasteiger partial charge in [0, 0.05) is 13.1 Å². The SMILES string of the molecule is Cn1c(=O)sc2cc(S(=O)(=O)NC3CCCCC3)ccc21. The summed E-state index contributed by atoms with van der Waals surface area (Å²) >= 11 is 1.07. The molecule has 0 aliphatic heterocycles. The Labute approximate surface area is 127 Å². The Morgan fingerprint density at radius 3 is 2.67 bits per heavy atom. The topological polar surface area (TPSA) is 68.2 Å². The van der Waals surface area contributed by atoms with Gasteiger partial charge >= 0.3 is 4.87 Å². The van der Waals surface area contributed by atoms with Crippen molar-refractivity contribution in [3.8, 4) is 0 Å². The molecule has 5 nitrogen and oxygen atoms in total. The third kappa shape index (κ3) is 2.90. The van der Waals surface area contributed by atoms with E-state index in [2.05, 4.69) is 4.72 Å². The number of fused-ring (bicyclic) bond motifs is 1. The van der Waals surface area contributed by atoms with Crippen LogP contribution >= 0.6 is 11.3 Å². The molecule has 1 saturated carbocycles. The Balaban J connectivity index is 1.92. The fraction of sp³-hybridized carbons (Fsp3) is 0.500. The Hall–Kier alpha value is -1.18. The minimum absolute atomic E-state index is 0.0361. The fourth-order valence-electron chi connectivity index (χ4n) is 2.79. The van der Waals surface area contributed by atoms with Crippen molar-refractivity contribution >= 4 is 31.6 Å². The van der Waals surface area contributed by atoms with Crippen LogP contribution in [0.25, 0.3) is 10.2 Å². The molecular formula is C14H18N2O3S2. The van der Waals surface area contributed by atoms with E-state index in [-0.39, 0.29) is 15.8 Å². The molecule has 0 atom stereocenters. The van der Waals surface area contributed by atoms with E-state index in [0.717, 1.165) is 42.5 Å². The zero-order chi connectivity index (χ0) is 15.0. The lowest BCUT2D eigenvalue weighted by Crippen LogP contribution is -2.36. The van der Waals surface area contributed by atoms with Gasteiger partial charge in [0.2, 0.25) is 10.0 Å². The maximum atomic E-state index is 12.4. The number of hydrogen-bond donors (Lipinski definition) is 1. The van der Waals surface area contributed by atoms with Crippen molar-refractivity contribution in [1.29, 1.82) is 0 Å². The molecule has 1 fully saturated rings. The zero-order valence-corrected chi connectivity index (χ0v) is 13.5. The second kappa shape index (κ2) is 5.55. The fourth-order valence-corrected chi connectivity index (χ4v) is 5.11. The van der Waals surface area contributed by atoms with Crippen LogP contribution in [-0.4, -0.2) is 19.0 Å². The standard InChI is InChI=1S/C14H18N2O3S2/c1-16-12-8-7-11(9-13(12)20-14(16)17)21(18,19)15-10-5-3-2-4-6-10/h7-10,15H,2-6H2,1H3. The van der Waals surface area contributed by atoms with Crippen LogP contribution in [0.15, 0.2) is 27.9 Å². The number of benzene rings is 1. The van der Waals surface area contributed by atoms with Crippen molar-refractivity contribution in [2.45, 2.75) is 43.0 Å². The van der Waals surface area contributed by atoms with E-state index >= 15 is 0 Å². The summed E-state index contributed by atoms with van der Waals surface area (Å²) in [6, 6.07) is 4.89. The van der Waals surface area contributed by atoms with Crippen molar-refractivity contribution in [3.05, 3.63) is 27.9 Å². The molecule has 1 aromatic carbocycles. The minimum Gasteiger partial charge on any atom is -0.302 e. The summed E-state index contributed by atoms with van der Waals surface area (Å²) < 4.78 is 29.9. The molecule has 1 N–H and O–H groups in total. The molecule has 0 unspecified atom stereocenters. The molecular weight excluding hydrogens is 308 g/mol. The van der Waals surface area contributed by atoms with Crippen LogP contribution in [0.1, 0.15) is 32.1 Å². The summed E-state index contributed by atoms with van der Waals surface area (Å²) in [5, 5.41) is 0. The smallest absolute Gasteiger partial charge is 0.302 e. The summed E-state index contributed by atoms with van der Waals surface area (Å²) in [7, 11) is -1.82. The second-order valence-electron chi connectivity index (χ2n) is 5.51. The molecule has 2 aromatic rings. The van der Waals surface area contributed by atoms with Crippen LogP contribution in [0.5, 0.6) is 0 Å². The summed E-state index contributed by atoms with van der Waals surface area (Å²) in [4.78, 5) is 11.8. The van der Waals surface area contributed by atoms with Crippen LogP contribution in [0, 0.1) is 0 Å². The van der Waals surface area contributed by atoms with Gasteiger partial charge in [-0.05, 0) is 31.0 Å². The van der Waals surface area contributed by atoms with Gasteiger partial charge in [0.25, 0.3) is 0 Å². The number of aromatic nitrogens is 1. The number of hydrogen-bond acceptors (Lipinski definition) is 4. The Morgan fingerprint density at radius 2 is 1.95 bits per heavy atom. The summed E-state index contributed by atoms with van der Waals surface area (Å²) in [6.45, 7) is 0. The van der Waals surface area contributed by atoms with E-state index in [1.807, 2.05) is 0 Å². The van der Waals surface area contributed by atoms with E-state index in [1.165, 1.54) is 11.0 Å². The molecule has 1 aromatic heterocycles. The molecule has 3 rings (SSSR count). The van der Waals surface area contributed by atoms with Gasteiger partial charge in [-0.15, -0.1) is 0 Å². The Kier molecular flexibility index (Phi) is 3.90. The molecule has 0 amide bonds. The van der Waals surface area contributed by atoms with Crippen molar-refractivity contribution in [3.63, 3.8) is 0 Å². The molecule has 0 spiro atoms. The van der Waals surface area contributed by atoms with E-state index in [1.54, 1.807) is 25.2 Å². The molecule has 1 aliphatic carbocycles. The van der Waals surface area contributed by atoms with Gasteiger partial charge in [-0.3, -0.25) is 4.79 Å². The maximum absolute atomic E-state index is 12.4. The first-order valence-corrected chi connectivity index (χ1v) is 9.39. The van der Waals surface area contributed by atoms with Gasteiger partial charge in [-0.1, -0.05) is 30.6 Å². The largest absolute Gasteiger partial charge is 0.307 e. The monoisotopic (exact) mass is 326 g/mol. The van der Waals surface area contributed by atoms with Gasteiger partial charge in [-0.25, -0.2) is 13.1 Å². The quantitative estimate of drug-likeness (QED) is 0.940. The molecule has 114 valence electrons. The van der Waals surface area contributed by atoms with Gasteiger partial charge in [-0.2, -0.15) is 0 Å². The van der Waals surface area contributed by atoms with Crippen molar-refractivity contribution in [2.24, 2.45) is 7.05 Å². The predicted octanol–water partition coefficient (Wildman–Crippen LogP) is 2.21. The number of rotatable bonds is 3. The molecule has 0 radical (unpaired) electrons. The first kappa shape index (κ1) is 14.7. The highest BCUT2D eigenvalue weighted by molar-refractivity contribution is 7.89. The summed E-state index contributed by atoms with van der Waals surface area (Å²) in [5.41, 5.74) is 0.765. The first-order valence-electron chi connectivity index (χ1n) is 7.09. The van der Waals surface area contributed by atoms with Gasteiger partial charge < -0.3 is 4.57 Å². The van der Waals surface area contributed by atoms with Crippen LogP contribution in [0.4, 0.5) is 0 Å². The van der Waals surface area contributed by atoms with E-state index in [4.69, 9.17) is 0 Å². The van der Waals surface area contributed by atoms with Crippen molar-refractivity contribution < 1.29 is 8.42 Å². The molecule has 7 heteroatoms. The van der Waals surface area contributed by atoms with Crippen LogP contribution in [0.2, 0.25) is 0 Å². The highest BCUT2D eigenvalue weighted by atomic mass is 32.2. The summed E-state index contributed by atoms with van der Waals surface area (Å²) in [5.74, 6) is 0. The zero-order valence-electron chi connectivity index (χ0n) is 11.8. The lowest BCUT2D eigenvalue weighted by Gasteiger charge is -2.22. The van der Waals surface area contributed by atoms with Crippen molar-refractivity contribution in [2.75, 3.05) is 0 Å². The number of sulfonamides is 1. The maximum Gasteiger partial charge on any atom is 0.307 e. The lowest BCUT2D eigenvalue weighted by atomic mass is 9.96. The number of thiazole rings is 1. The van der Waals surface area contributed by atoms with E-state index in [0.29, 0.717) is 4.70 Å². The molecule has 1 aliphatic rings. The van der Waals surface area contributed by atoms with Gasteiger partial charge in [0.15, 0.2) is 0 Å². The van der Waals surface area contributed by atoms with Gasteiger partial charge in [0.05, 0.1) is 15.1 Å². The Bertz CT molecular complexity index is 814. The average molecular weight is 326 g/mol. The first-order chi connectivity index (χ1) is 9.97. The van der Waals surface area contributed by atoms with Gasteiger partial charge in [0.1, 0.15) is 0 Å². The third-order valence-electron chi connectivity index (χ3n) is 4.00. The van der Waals surface area contributed by atoms with Crippen molar-refractivity contribution in [1.82, 2.24) is 9.29 Å². The molecule has 0 bridgehead atoms. The third-order valence-corrected chi connectivity index (χ3v) is 6.51. The molecule has 1 heterocycles. The molecule has 0 saturated heterocycles. The number of nitrogens with zero attached hydrogens (tertiary/aromatic N) is 1. The number of aryl methyl sites for hydroxylation is 1. The highest BCUT2D eigenvalue weighted by Gasteiger charge is 2.22.